The van der Waals surface area contributed by atoms with Crippen LogP contribution in [0, 0.1) is 5.92 Å². The van der Waals surface area contributed by atoms with Gasteiger partial charge in [-0.1, -0.05) is 48.0 Å². The van der Waals surface area contributed by atoms with Crippen LogP contribution in [0.5, 0.6) is 5.75 Å². The van der Waals surface area contributed by atoms with Gasteiger partial charge in [-0.2, -0.15) is 18.3 Å². The molecule has 1 fully saturated rings. The van der Waals surface area contributed by atoms with Crippen molar-refractivity contribution in [1.29, 1.82) is 0 Å². The molecular formula is C30H25ClF3N3O4. The minimum absolute atomic E-state index is 0.163. The normalized spacial score (nSPS) is 17.0. The van der Waals surface area contributed by atoms with E-state index < -0.39 is 23.8 Å². The molecule has 0 radical (unpaired) electrons. The number of para-hydroxylation sites is 1. The van der Waals surface area contributed by atoms with Crippen LogP contribution in [0.1, 0.15) is 27.5 Å². The first-order valence-corrected chi connectivity index (χ1v) is 13.0. The summed E-state index contributed by atoms with van der Waals surface area (Å²) in [6.45, 7) is 0.457. The molecule has 7 nitrogen and oxygen atoms in total. The van der Waals surface area contributed by atoms with Crippen LogP contribution >= 0.6 is 11.6 Å². The summed E-state index contributed by atoms with van der Waals surface area (Å²) in [5, 5.41) is 4.01. The number of rotatable bonds is 6. The zero-order valence-corrected chi connectivity index (χ0v) is 22.8. The highest BCUT2D eigenvalue weighted by Crippen LogP contribution is 2.37. The lowest BCUT2D eigenvalue weighted by Crippen LogP contribution is -2.30. The zero-order valence-electron chi connectivity index (χ0n) is 22.1. The Balaban J connectivity index is 1.43. The van der Waals surface area contributed by atoms with Crippen LogP contribution in [0.4, 0.5) is 13.2 Å². The topological polar surface area (TPSA) is 73.7 Å². The highest BCUT2D eigenvalue weighted by Gasteiger charge is 2.41. The zero-order chi connectivity index (χ0) is 29.3. The van der Waals surface area contributed by atoms with E-state index in [-0.39, 0.29) is 34.8 Å². The summed E-state index contributed by atoms with van der Waals surface area (Å²) < 4.78 is 52.1. The van der Waals surface area contributed by atoms with E-state index in [1.165, 1.54) is 7.11 Å². The molecule has 0 N–H and O–H groups in total. The van der Waals surface area contributed by atoms with E-state index in [1.54, 1.807) is 72.7 Å². The Bertz CT molecular complexity index is 1570. The maximum absolute atomic E-state index is 13.6. The lowest BCUT2D eigenvalue weighted by Gasteiger charge is -2.17. The molecule has 1 aliphatic rings. The molecular weight excluding hydrogens is 559 g/mol. The predicted octanol–water partition coefficient (Wildman–Crippen LogP) is 6.25. The molecule has 0 unspecified atom stereocenters. The molecule has 11 heteroatoms. The van der Waals surface area contributed by atoms with Crippen molar-refractivity contribution in [2.75, 3.05) is 27.3 Å². The monoisotopic (exact) mass is 583 g/mol. The number of esters is 1. The molecule has 0 aliphatic carbocycles. The Morgan fingerprint density at radius 2 is 1.63 bits per heavy atom. The minimum atomic E-state index is -4.66. The standard InChI is InChI=1S/C30H25ClF3N3O4/c1-40-21-13-11-18(12-14-21)22-16-36(17-23(22)29(39)41-2)28(38)20-9-7-19(8-10-20)26-15-27(30(32,33)34)35-37(26)25-6-4-3-5-24(25)31/h3-15,22-23H,16-17H2,1-2H3/t22-,23+/m0/s1. The molecule has 1 aromatic heterocycles. The van der Waals surface area contributed by atoms with Gasteiger partial charge in [-0.3, -0.25) is 9.59 Å². The Kier molecular flexibility index (Phi) is 7.77. The number of nitrogens with zero attached hydrogens (tertiary/aromatic N) is 3. The van der Waals surface area contributed by atoms with Gasteiger partial charge in [0.25, 0.3) is 5.91 Å². The van der Waals surface area contributed by atoms with Crippen LogP contribution in [-0.4, -0.2) is 53.9 Å². The quantitative estimate of drug-likeness (QED) is 0.251. The van der Waals surface area contributed by atoms with Gasteiger partial charge in [0.05, 0.1) is 36.5 Å². The third-order valence-corrected chi connectivity index (χ3v) is 7.48. The molecule has 41 heavy (non-hydrogen) atoms. The van der Waals surface area contributed by atoms with Gasteiger partial charge in [0.15, 0.2) is 5.69 Å². The van der Waals surface area contributed by atoms with Crippen molar-refractivity contribution in [2.24, 2.45) is 5.92 Å². The molecule has 1 amide bonds. The average molecular weight is 584 g/mol. The number of hydrogen-bond acceptors (Lipinski definition) is 5. The SMILES string of the molecule is COC(=O)[C@@H]1CN(C(=O)c2ccc(-c3cc(C(F)(F)F)nn3-c3ccccc3Cl)cc2)C[C@H]1c1ccc(OC)cc1. The van der Waals surface area contributed by atoms with Gasteiger partial charge in [0, 0.05) is 30.1 Å². The van der Waals surface area contributed by atoms with E-state index in [2.05, 4.69) is 5.10 Å². The third-order valence-electron chi connectivity index (χ3n) is 7.16. The van der Waals surface area contributed by atoms with Gasteiger partial charge in [-0.05, 0) is 48.0 Å². The first-order valence-electron chi connectivity index (χ1n) is 12.6. The number of ether oxygens (including phenoxy) is 2. The van der Waals surface area contributed by atoms with Crippen LogP contribution in [0.3, 0.4) is 0 Å². The van der Waals surface area contributed by atoms with Gasteiger partial charge in [-0.25, -0.2) is 4.68 Å². The van der Waals surface area contributed by atoms with Crippen LogP contribution in [-0.2, 0) is 15.7 Å². The molecule has 2 atom stereocenters. The number of aromatic nitrogens is 2. The molecule has 212 valence electrons. The highest BCUT2D eigenvalue weighted by atomic mass is 35.5. The maximum Gasteiger partial charge on any atom is 0.435 e. The van der Waals surface area contributed by atoms with E-state index in [9.17, 15) is 22.8 Å². The number of likely N-dealkylation sites (tertiary alicyclic amines) is 1. The molecule has 3 aromatic carbocycles. The van der Waals surface area contributed by atoms with Crippen molar-refractivity contribution >= 4 is 23.5 Å². The predicted molar refractivity (Wildman–Crippen MR) is 146 cm³/mol. The van der Waals surface area contributed by atoms with Crippen LogP contribution in [0.15, 0.2) is 78.9 Å². The fraction of sp³-hybridized carbons (Fsp3) is 0.233. The lowest BCUT2D eigenvalue weighted by atomic mass is 9.89. The molecule has 1 aliphatic heterocycles. The van der Waals surface area contributed by atoms with Crippen molar-refractivity contribution in [2.45, 2.75) is 12.1 Å². The molecule has 2 heterocycles. The molecule has 0 spiro atoms. The largest absolute Gasteiger partial charge is 0.497 e. The Hall–Kier alpha value is -4.31. The number of carbonyl (C=O) groups excluding carboxylic acids is 2. The second-order valence-electron chi connectivity index (χ2n) is 9.57. The highest BCUT2D eigenvalue weighted by molar-refractivity contribution is 6.32. The van der Waals surface area contributed by atoms with E-state index in [0.29, 0.717) is 23.4 Å². The fourth-order valence-corrected chi connectivity index (χ4v) is 5.26. The first kappa shape index (κ1) is 28.2. The summed E-state index contributed by atoms with van der Waals surface area (Å²) in [6.07, 6.45) is -4.66. The number of carbonyl (C=O) groups is 2. The van der Waals surface area contributed by atoms with Gasteiger partial charge in [0.2, 0.25) is 0 Å². The summed E-state index contributed by atoms with van der Waals surface area (Å²) >= 11 is 6.27. The number of alkyl halides is 3. The van der Waals surface area contributed by atoms with E-state index in [1.807, 2.05) is 12.1 Å². The first-order chi connectivity index (χ1) is 19.6. The number of halogens is 4. The minimum Gasteiger partial charge on any atom is -0.497 e. The van der Waals surface area contributed by atoms with E-state index >= 15 is 0 Å². The fourth-order valence-electron chi connectivity index (χ4n) is 5.05. The summed E-state index contributed by atoms with van der Waals surface area (Å²) in [4.78, 5) is 27.6. The van der Waals surface area contributed by atoms with Crippen LogP contribution in [0.25, 0.3) is 16.9 Å². The Labute approximate surface area is 239 Å². The van der Waals surface area contributed by atoms with Crippen molar-refractivity contribution in [3.63, 3.8) is 0 Å². The molecule has 5 rings (SSSR count). The number of hydrogen-bond donors (Lipinski definition) is 0. The molecule has 0 bridgehead atoms. The number of methoxy groups -OCH3 is 2. The van der Waals surface area contributed by atoms with Crippen molar-refractivity contribution in [3.8, 4) is 22.7 Å². The second kappa shape index (κ2) is 11.3. The lowest BCUT2D eigenvalue weighted by molar-refractivity contribution is -0.145. The molecule has 1 saturated heterocycles. The maximum atomic E-state index is 13.6. The molecule has 4 aromatic rings. The summed E-state index contributed by atoms with van der Waals surface area (Å²) in [5.41, 5.74) is 0.997. The smallest absolute Gasteiger partial charge is 0.435 e. The number of benzene rings is 3. The molecule has 0 saturated carbocycles. The Morgan fingerprint density at radius 3 is 2.24 bits per heavy atom. The van der Waals surface area contributed by atoms with Crippen LogP contribution < -0.4 is 4.74 Å². The van der Waals surface area contributed by atoms with E-state index in [4.69, 9.17) is 21.1 Å². The van der Waals surface area contributed by atoms with Gasteiger partial charge < -0.3 is 14.4 Å². The van der Waals surface area contributed by atoms with Crippen molar-refractivity contribution < 1.29 is 32.2 Å². The summed E-state index contributed by atoms with van der Waals surface area (Å²) in [7, 11) is 2.88. The van der Waals surface area contributed by atoms with E-state index in [0.717, 1.165) is 16.3 Å². The summed E-state index contributed by atoms with van der Waals surface area (Å²) in [5.74, 6) is -0.876. The van der Waals surface area contributed by atoms with Crippen LogP contribution in [0.2, 0.25) is 5.02 Å². The van der Waals surface area contributed by atoms with Gasteiger partial charge in [-0.15, -0.1) is 0 Å². The average Bonchev–Trinajstić information content (AvgIpc) is 3.63. The van der Waals surface area contributed by atoms with Crippen molar-refractivity contribution in [1.82, 2.24) is 14.7 Å². The van der Waals surface area contributed by atoms with Gasteiger partial charge in [0.1, 0.15) is 5.75 Å². The van der Waals surface area contributed by atoms with Gasteiger partial charge >= 0.3 is 12.1 Å². The van der Waals surface area contributed by atoms with Crippen molar-refractivity contribution in [3.05, 3.63) is 101 Å². The Morgan fingerprint density at radius 1 is 0.951 bits per heavy atom. The third kappa shape index (κ3) is 5.65. The number of amides is 1. The summed E-state index contributed by atoms with van der Waals surface area (Å²) in [6, 6.07) is 20.9. The second-order valence-corrected chi connectivity index (χ2v) is 9.98.